The molecule has 0 bridgehead atoms. The molecule has 3 aromatic heterocycles. The molecule has 8 heteroatoms. The third-order valence-corrected chi connectivity index (χ3v) is 3.13. The van der Waals surface area contributed by atoms with Gasteiger partial charge in [0.05, 0.1) is 11.6 Å². The molecule has 0 saturated carbocycles. The minimum atomic E-state index is 0.179. The molecule has 0 unspecified atom stereocenters. The summed E-state index contributed by atoms with van der Waals surface area (Å²) < 4.78 is 0. The molecule has 3 aromatic rings. The topological polar surface area (TPSA) is 80.2 Å². The number of H-pyrrole nitrogens is 1. The van der Waals surface area contributed by atoms with E-state index in [9.17, 15) is 0 Å². The zero-order chi connectivity index (χ0) is 11.7. The van der Waals surface area contributed by atoms with Crippen LogP contribution in [0.4, 0.5) is 0 Å². The van der Waals surface area contributed by atoms with Crippen molar-refractivity contribution in [1.29, 1.82) is 0 Å². The van der Waals surface area contributed by atoms with E-state index in [1.165, 1.54) is 18.1 Å². The van der Waals surface area contributed by atoms with Gasteiger partial charge in [0, 0.05) is 6.20 Å². The Morgan fingerprint density at radius 3 is 3.06 bits per heavy atom. The zero-order valence-electron chi connectivity index (χ0n) is 8.33. The summed E-state index contributed by atoms with van der Waals surface area (Å²) in [4.78, 5) is 16.2. The molecule has 0 aliphatic carbocycles. The molecule has 0 fully saturated rings. The first-order valence-corrected chi connectivity index (χ1v) is 5.83. The van der Waals surface area contributed by atoms with Crippen molar-refractivity contribution in [3.8, 4) is 0 Å². The maximum absolute atomic E-state index is 5.83. The van der Waals surface area contributed by atoms with Gasteiger partial charge in [-0.1, -0.05) is 0 Å². The summed E-state index contributed by atoms with van der Waals surface area (Å²) in [5.41, 5.74) is 0.613. The van der Waals surface area contributed by atoms with Crippen LogP contribution in [0.3, 0.4) is 0 Å². The standard InChI is InChI=1S/C9H5ClN6S/c10-9-14-7-5(3-13-16-7)8(15-9)17-6-1-2-11-4-12-6/h1-4H,(H,13,14,15,16). The van der Waals surface area contributed by atoms with Crippen LogP contribution < -0.4 is 0 Å². The van der Waals surface area contributed by atoms with Crippen molar-refractivity contribution in [2.24, 2.45) is 0 Å². The molecule has 84 valence electrons. The Bertz CT molecular complexity index is 655. The third kappa shape index (κ3) is 2.06. The largest absolute Gasteiger partial charge is 0.261 e. The van der Waals surface area contributed by atoms with Crippen molar-refractivity contribution in [1.82, 2.24) is 30.1 Å². The van der Waals surface area contributed by atoms with E-state index in [0.717, 1.165) is 10.4 Å². The normalized spacial score (nSPS) is 10.9. The number of rotatable bonds is 2. The number of fused-ring (bicyclic) bond motifs is 1. The van der Waals surface area contributed by atoms with Crippen molar-refractivity contribution >= 4 is 34.4 Å². The first-order valence-electron chi connectivity index (χ1n) is 4.63. The molecule has 1 N–H and O–H groups in total. The number of hydrogen-bond acceptors (Lipinski definition) is 6. The van der Waals surface area contributed by atoms with E-state index < -0.39 is 0 Å². The fourth-order valence-electron chi connectivity index (χ4n) is 1.30. The maximum Gasteiger partial charge on any atom is 0.225 e. The second-order valence-electron chi connectivity index (χ2n) is 3.08. The summed E-state index contributed by atoms with van der Waals surface area (Å²) in [6.45, 7) is 0. The summed E-state index contributed by atoms with van der Waals surface area (Å²) in [5, 5.41) is 9.17. The minimum Gasteiger partial charge on any atom is -0.261 e. The maximum atomic E-state index is 5.83. The van der Waals surface area contributed by atoms with E-state index in [1.54, 1.807) is 18.5 Å². The lowest BCUT2D eigenvalue weighted by molar-refractivity contribution is 1.03. The summed E-state index contributed by atoms with van der Waals surface area (Å²) in [6, 6.07) is 1.80. The van der Waals surface area contributed by atoms with Gasteiger partial charge in [0.2, 0.25) is 5.28 Å². The van der Waals surface area contributed by atoms with E-state index in [4.69, 9.17) is 11.6 Å². The second-order valence-corrected chi connectivity index (χ2v) is 4.43. The highest BCUT2D eigenvalue weighted by Gasteiger charge is 2.10. The Balaban J connectivity index is 2.08. The van der Waals surface area contributed by atoms with Crippen LogP contribution >= 0.6 is 23.4 Å². The molecule has 0 aromatic carbocycles. The van der Waals surface area contributed by atoms with Gasteiger partial charge in [-0.3, -0.25) is 5.10 Å². The van der Waals surface area contributed by atoms with Crippen molar-refractivity contribution < 1.29 is 0 Å². The second kappa shape index (κ2) is 4.27. The smallest absolute Gasteiger partial charge is 0.225 e. The van der Waals surface area contributed by atoms with Gasteiger partial charge < -0.3 is 0 Å². The number of halogens is 1. The molecule has 0 radical (unpaired) electrons. The molecular formula is C9H5ClN6S. The average Bonchev–Trinajstić information content (AvgIpc) is 2.78. The lowest BCUT2D eigenvalue weighted by atomic mass is 10.4. The van der Waals surface area contributed by atoms with Gasteiger partial charge in [-0.15, -0.1) is 0 Å². The molecular weight excluding hydrogens is 260 g/mol. The van der Waals surface area contributed by atoms with Gasteiger partial charge in [0.25, 0.3) is 0 Å². The Hall–Kier alpha value is -1.73. The van der Waals surface area contributed by atoms with Crippen molar-refractivity contribution in [3.63, 3.8) is 0 Å². The molecule has 0 aliphatic heterocycles. The van der Waals surface area contributed by atoms with Crippen LogP contribution in [-0.4, -0.2) is 30.1 Å². The van der Waals surface area contributed by atoms with Crippen LogP contribution in [0, 0.1) is 0 Å². The lowest BCUT2D eigenvalue weighted by Crippen LogP contribution is -1.89. The fourth-order valence-corrected chi connectivity index (χ4v) is 2.34. The summed E-state index contributed by atoms with van der Waals surface area (Å²) in [5.74, 6) is 0. The monoisotopic (exact) mass is 264 g/mol. The van der Waals surface area contributed by atoms with Crippen LogP contribution in [0.2, 0.25) is 5.28 Å². The Morgan fingerprint density at radius 2 is 2.24 bits per heavy atom. The first kappa shape index (κ1) is 10.4. The van der Waals surface area contributed by atoms with Crippen molar-refractivity contribution in [2.75, 3.05) is 0 Å². The van der Waals surface area contributed by atoms with Crippen LogP contribution in [0.15, 0.2) is 34.8 Å². The quantitative estimate of drug-likeness (QED) is 0.563. The van der Waals surface area contributed by atoms with Gasteiger partial charge in [-0.05, 0) is 29.4 Å². The number of nitrogens with zero attached hydrogens (tertiary/aromatic N) is 5. The Labute approximate surface area is 105 Å². The predicted octanol–water partition coefficient (Wildman–Crippen LogP) is 1.95. The van der Waals surface area contributed by atoms with Crippen LogP contribution in [0.5, 0.6) is 0 Å². The molecule has 17 heavy (non-hydrogen) atoms. The van der Waals surface area contributed by atoms with Gasteiger partial charge in [-0.2, -0.15) is 10.1 Å². The van der Waals surface area contributed by atoms with Crippen molar-refractivity contribution in [3.05, 3.63) is 30.1 Å². The fraction of sp³-hybridized carbons (Fsp3) is 0. The average molecular weight is 265 g/mol. The van der Waals surface area contributed by atoms with E-state index in [-0.39, 0.29) is 5.28 Å². The number of aromatic amines is 1. The van der Waals surface area contributed by atoms with E-state index in [0.29, 0.717) is 10.7 Å². The van der Waals surface area contributed by atoms with Gasteiger partial charge >= 0.3 is 0 Å². The molecule has 0 aliphatic rings. The van der Waals surface area contributed by atoms with Gasteiger partial charge in [-0.25, -0.2) is 15.0 Å². The third-order valence-electron chi connectivity index (χ3n) is 2.00. The molecule has 3 heterocycles. The Morgan fingerprint density at radius 1 is 1.29 bits per heavy atom. The predicted molar refractivity (Wildman–Crippen MR) is 62.8 cm³/mol. The van der Waals surface area contributed by atoms with Crippen LogP contribution in [0.25, 0.3) is 11.0 Å². The molecule has 0 amide bonds. The first-order chi connectivity index (χ1) is 8.33. The van der Waals surface area contributed by atoms with Gasteiger partial charge in [0.15, 0.2) is 5.65 Å². The zero-order valence-corrected chi connectivity index (χ0v) is 9.90. The summed E-state index contributed by atoms with van der Waals surface area (Å²) in [6.07, 6.45) is 4.82. The lowest BCUT2D eigenvalue weighted by Gasteiger charge is -2.00. The SMILES string of the molecule is Clc1nc(Sc2ccncn2)c2cn[nH]c2n1. The number of nitrogens with one attached hydrogen (secondary N) is 1. The van der Waals surface area contributed by atoms with Crippen molar-refractivity contribution in [2.45, 2.75) is 10.1 Å². The minimum absolute atomic E-state index is 0.179. The summed E-state index contributed by atoms with van der Waals surface area (Å²) in [7, 11) is 0. The highest BCUT2D eigenvalue weighted by molar-refractivity contribution is 7.99. The summed E-state index contributed by atoms with van der Waals surface area (Å²) >= 11 is 7.22. The molecule has 0 spiro atoms. The van der Waals surface area contributed by atoms with E-state index in [2.05, 4.69) is 30.1 Å². The highest BCUT2D eigenvalue weighted by Crippen LogP contribution is 2.29. The highest BCUT2D eigenvalue weighted by atomic mass is 35.5. The van der Waals surface area contributed by atoms with E-state index >= 15 is 0 Å². The van der Waals surface area contributed by atoms with Gasteiger partial charge in [0.1, 0.15) is 16.4 Å². The molecule has 0 atom stereocenters. The number of aromatic nitrogens is 6. The molecule has 6 nitrogen and oxygen atoms in total. The Kier molecular flexibility index (Phi) is 2.62. The number of hydrogen-bond donors (Lipinski definition) is 1. The molecule has 0 saturated heterocycles. The van der Waals surface area contributed by atoms with E-state index in [1.807, 2.05) is 0 Å². The molecule has 3 rings (SSSR count). The van der Waals surface area contributed by atoms with Crippen LogP contribution in [-0.2, 0) is 0 Å². The van der Waals surface area contributed by atoms with Crippen LogP contribution in [0.1, 0.15) is 0 Å².